The van der Waals surface area contributed by atoms with Gasteiger partial charge in [-0.05, 0) is 49.1 Å². The molecule has 208 valence electrons. The lowest BCUT2D eigenvalue weighted by molar-refractivity contribution is -0.138. The molecule has 6 rings (SSSR count). The Morgan fingerprint density at radius 2 is 1.73 bits per heavy atom. The van der Waals surface area contributed by atoms with Crippen LogP contribution in [0.4, 0.5) is 5.69 Å². The Balaban J connectivity index is 1.54. The average molecular weight is 669 g/mol. The second kappa shape index (κ2) is 9.48. The van der Waals surface area contributed by atoms with Crippen LogP contribution in [-0.4, -0.2) is 55.9 Å². The number of phenolic OH excluding ortho intramolecular Hbond substituents is 1. The standard InChI is InChI=1S/C28H22BrCl3N2O6/c1-40-19-4-2-3-17(22(19)35)21-15-9-10-16-20(24(37)34(23(16)36)14-7-5-13(30)6-8-14)18(15)11-27(31)25(38)33(12-29)26(39)28(21,27)32/h2-9,16,18,20-21,35H,10-12H2,1H3. The first-order chi connectivity index (χ1) is 19.0. The zero-order valence-electron chi connectivity index (χ0n) is 20.9. The van der Waals surface area contributed by atoms with Crippen molar-refractivity contribution in [3.05, 3.63) is 64.7 Å². The van der Waals surface area contributed by atoms with Crippen LogP contribution < -0.4 is 9.64 Å². The summed E-state index contributed by atoms with van der Waals surface area (Å²) < 4.78 is 5.31. The molecule has 40 heavy (non-hydrogen) atoms. The second-order valence-electron chi connectivity index (χ2n) is 10.4. The van der Waals surface area contributed by atoms with Crippen molar-refractivity contribution in [2.45, 2.75) is 28.5 Å². The van der Waals surface area contributed by atoms with E-state index >= 15 is 0 Å². The van der Waals surface area contributed by atoms with Crippen LogP contribution in [0, 0.1) is 17.8 Å². The number of hydrogen-bond donors (Lipinski definition) is 1. The van der Waals surface area contributed by atoms with E-state index in [-0.39, 0.29) is 41.3 Å². The van der Waals surface area contributed by atoms with Gasteiger partial charge in [-0.2, -0.15) is 0 Å². The van der Waals surface area contributed by atoms with E-state index in [0.29, 0.717) is 16.3 Å². The van der Waals surface area contributed by atoms with Gasteiger partial charge in [-0.1, -0.05) is 51.3 Å². The SMILES string of the molecule is COc1cccc(C2C3=CCC4C(=O)N(c5ccc(Cl)cc5)C(=O)C4C3CC3(Cl)C(=O)N(CBr)C(=O)C23Cl)c1O. The quantitative estimate of drug-likeness (QED) is 0.214. The number of amides is 4. The number of fused-ring (bicyclic) bond motifs is 4. The highest BCUT2D eigenvalue weighted by Crippen LogP contribution is 2.66. The van der Waals surface area contributed by atoms with Crippen molar-refractivity contribution in [3.63, 3.8) is 0 Å². The number of allylic oxidation sites excluding steroid dienone is 2. The van der Waals surface area contributed by atoms with Crippen LogP contribution in [0.3, 0.4) is 0 Å². The van der Waals surface area contributed by atoms with Crippen molar-refractivity contribution < 1.29 is 29.0 Å². The highest BCUT2D eigenvalue weighted by Gasteiger charge is 2.76. The molecule has 0 aromatic heterocycles. The third-order valence-electron chi connectivity index (χ3n) is 8.66. The maximum atomic E-state index is 14.0. The molecule has 4 aliphatic rings. The Kier molecular flexibility index (Phi) is 6.53. The summed E-state index contributed by atoms with van der Waals surface area (Å²) in [6.45, 7) is 0. The molecule has 2 aromatic carbocycles. The molecule has 0 bridgehead atoms. The van der Waals surface area contributed by atoms with Gasteiger partial charge in [0.2, 0.25) is 11.8 Å². The van der Waals surface area contributed by atoms with Crippen LogP contribution in [0.2, 0.25) is 5.02 Å². The molecule has 6 unspecified atom stereocenters. The molecule has 1 N–H and O–H groups in total. The number of ether oxygens (including phenoxy) is 1. The third kappa shape index (κ3) is 3.44. The van der Waals surface area contributed by atoms with Gasteiger partial charge >= 0.3 is 0 Å². The lowest BCUT2D eigenvalue weighted by Gasteiger charge is -2.50. The van der Waals surface area contributed by atoms with Crippen molar-refractivity contribution in [3.8, 4) is 11.5 Å². The predicted molar refractivity (Wildman–Crippen MR) is 152 cm³/mol. The van der Waals surface area contributed by atoms with Crippen LogP contribution >= 0.6 is 50.7 Å². The first-order valence-electron chi connectivity index (χ1n) is 12.5. The molecule has 2 saturated heterocycles. The van der Waals surface area contributed by atoms with Crippen LogP contribution in [0.5, 0.6) is 11.5 Å². The molecule has 0 spiro atoms. The van der Waals surface area contributed by atoms with Crippen molar-refractivity contribution in [2.75, 3.05) is 17.5 Å². The van der Waals surface area contributed by atoms with Gasteiger partial charge in [-0.15, -0.1) is 23.2 Å². The number of aromatic hydroxyl groups is 1. The predicted octanol–water partition coefficient (Wildman–Crippen LogP) is 4.97. The number of alkyl halides is 3. The van der Waals surface area contributed by atoms with Gasteiger partial charge in [0.15, 0.2) is 21.2 Å². The number of likely N-dealkylation sites (tertiary alicyclic amines) is 1. The van der Waals surface area contributed by atoms with Crippen molar-refractivity contribution in [2.24, 2.45) is 17.8 Å². The maximum absolute atomic E-state index is 14.0. The number of anilines is 1. The molecule has 8 nitrogen and oxygen atoms in total. The third-order valence-corrected chi connectivity index (χ3v) is 10.8. The molecule has 0 radical (unpaired) electrons. The minimum Gasteiger partial charge on any atom is -0.504 e. The van der Waals surface area contributed by atoms with E-state index in [2.05, 4.69) is 15.9 Å². The highest BCUT2D eigenvalue weighted by atomic mass is 79.9. The number of hydrogen-bond acceptors (Lipinski definition) is 6. The Morgan fingerprint density at radius 1 is 1.02 bits per heavy atom. The number of rotatable bonds is 4. The Morgan fingerprint density at radius 3 is 2.38 bits per heavy atom. The average Bonchev–Trinajstić information content (AvgIpc) is 3.27. The van der Waals surface area contributed by atoms with E-state index in [4.69, 9.17) is 39.5 Å². The fourth-order valence-electron chi connectivity index (χ4n) is 6.88. The van der Waals surface area contributed by atoms with Gasteiger partial charge in [0.1, 0.15) is 0 Å². The summed E-state index contributed by atoms with van der Waals surface area (Å²) in [5.74, 6) is -5.67. The molecule has 1 saturated carbocycles. The van der Waals surface area contributed by atoms with Gasteiger partial charge in [0.25, 0.3) is 11.8 Å². The summed E-state index contributed by atoms with van der Waals surface area (Å²) in [6, 6.07) is 11.2. The summed E-state index contributed by atoms with van der Waals surface area (Å²) in [5, 5.41) is 11.7. The summed E-state index contributed by atoms with van der Waals surface area (Å²) in [7, 11) is 1.39. The van der Waals surface area contributed by atoms with E-state index < -0.39 is 51.1 Å². The van der Waals surface area contributed by atoms with Crippen molar-refractivity contribution >= 4 is 80.0 Å². The molecular formula is C28H22BrCl3N2O6. The largest absolute Gasteiger partial charge is 0.504 e. The fraction of sp³-hybridized carbons (Fsp3) is 0.357. The Bertz CT molecular complexity index is 1520. The van der Waals surface area contributed by atoms with Gasteiger partial charge in [0, 0.05) is 16.5 Å². The molecule has 2 aliphatic carbocycles. The number of imide groups is 2. The second-order valence-corrected chi connectivity index (χ2v) is 12.6. The van der Waals surface area contributed by atoms with Gasteiger partial charge in [-0.3, -0.25) is 29.0 Å². The maximum Gasteiger partial charge on any atom is 0.254 e. The smallest absolute Gasteiger partial charge is 0.254 e. The number of nitrogens with zero attached hydrogens (tertiary/aromatic N) is 2. The van der Waals surface area contributed by atoms with E-state index in [0.717, 1.165) is 9.80 Å². The minimum absolute atomic E-state index is 0.137. The van der Waals surface area contributed by atoms with Crippen LogP contribution in [-0.2, 0) is 19.2 Å². The summed E-state index contributed by atoms with van der Waals surface area (Å²) in [6.07, 6.45) is 1.87. The van der Waals surface area contributed by atoms with Crippen LogP contribution in [0.15, 0.2) is 54.1 Å². The molecule has 4 amide bonds. The number of carbonyl (C=O) groups is 4. The number of para-hydroxylation sites is 1. The topological polar surface area (TPSA) is 104 Å². The number of halogens is 4. The number of carbonyl (C=O) groups excluding carboxylic acids is 4. The van der Waals surface area contributed by atoms with Gasteiger partial charge < -0.3 is 9.84 Å². The van der Waals surface area contributed by atoms with Crippen molar-refractivity contribution in [1.29, 1.82) is 0 Å². The fourth-order valence-corrected chi connectivity index (χ4v) is 8.42. The van der Waals surface area contributed by atoms with Crippen LogP contribution in [0.25, 0.3) is 0 Å². The number of methoxy groups -OCH3 is 1. The Labute approximate surface area is 252 Å². The van der Waals surface area contributed by atoms with Gasteiger partial charge in [0.05, 0.1) is 30.1 Å². The zero-order valence-corrected chi connectivity index (χ0v) is 24.8. The first-order valence-corrected chi connectivity index (χ1v) is 14.8. The molecule has 12 heteroatoms. The normalized spacial score (nSPS) is 33.1. The number of phenols is 1. The monoisotopic (exact) mass is 666 g/mol. The van der Waals surface area contributed by atoms with E-state index in [1.165, 1.54) is 7.11 Å². The minimum atomic E-state index is -2.01. The van der Waals surface area contributed by atoms with E-state index in [1.54, 1.807) is 48.5 Å². The van der Waals surface area contributed by atoms with Gasteiger partial charge in [-0.25, -0.2) is 0 Å². The summed E-state index contributed by atoms with van der Waals surface area (Å²) in [5.41, 5.74) is 1.06. The molecular weight excluding hydrogens is 647 g/mol. The molecule has 2 aromatic rings. The first kappa shape index (κ1) is 27.6. The number of benzene rings is 2. The Hall–Kier alpha value is -2.59. The molecule has 2 heterocycles. The summed E-state index contributed by atoms with van der Waals surface area (Å²) in [4.78, 5) is 53.2. The molecule has 6 atom stereocenters. The highest BCUT2D eigenvalue weighted by molar-refractivity contribution is 9.09. The lowest BCUT2D eigenvalue weighted by Crippen LogP contribution is -2.60. The zero-order chi connectivity index (χ0) is 28.7. The van der Waals surface area contributed by atoms with E-state index in [1.807, 2.05) is 0 Å². The summed E-state index contributed by atoms with van der Waals surface area (Å²) >= 11 is 23.6. The molecule has 3 fully saturated rings. The van der Waals surface area contributed by atoms with E-state index in [9.17, 15) is 24.3 Å². The molecule has 2 aliphatic heterocycles. The lowest BCUT2D eigenvalue weighted by atomic mass is 9.56. The van der Waals surface area contributed by atoms with Crippen molar-refractivity contribution in [1.82, 2.24) is 4.90 Å². The van der Waals surface area contributed by atoms with Crippen LogP contribution in [0.1, 0.15) is 24.3 Å².